The van der Waals surface area contributed by atoms with Crippen molar-refractivity contribution in [3.8, 4) is 15.4 Å². The van der Waals surface area contributed by atoms with Gasteiger partial charge in [-0.25, -0.2) is 4.98 Å². The van der Waals surface area contributed by atoms with E-state index in [4.69, 9.17) is 4.74 Å². The molecule has 0 N–H and O–H groups in total. The minimum atomic E-state index is -1.06. The highest BCUT2D eigenvalue weighted by molar-refractivity contribution is 7.84. The lowest BCUT2D eigenvalue weighted by Crippen LogP contribution is -2.11. The van der Waals surface area contributed by atoms with Crippen LogP contribution in [0.25, 0.3) is 15.4 Å². The Bertz CT molecular complexity index is 1050. The predicted molar refractivity (Wildman–Crippen MR) is 110 cm³/mol. The molecule has 1 unspecified atom stereocenters. The third-order valence-electron chi connectivity index (χ3n) is 4.03. The molecule has 3 rings (SSSR count). The molecule has 2 heterocycles. The Morgan fingerprint density at radius 3 is 2.71 bits per heavy atom. The van der Waals surface area contributed by atoms with Crippen LogP contribution in [0.1, 0.15) is 30.2 Å². The van der Waals surface area contributed by atoms with E-state index in [1.54, 1.807) is 23.9 Å². The minimum Gasteiger partial charge on any atom is -0.466 e. The smallest absolute Gasteiger partial charge is 0.313 e. The number of hydrogen-bond acceptors (Lipinski definition) is 6. The quantitative estimate of drug-likeness (QED) is 0.434. The summed E-state index contributed by atoms with van der Waals surface area (Å²) < 4.78 is 18.5. The molecule has 0 amide bonds. The number of aromatic nitrogens is 2. The molecule has 0 aliphatic rings. The fraction of sp³-hybridized carbons (Fsp3) is 0.250. The van der Waals surface area contributed by atoms with Gasteiger partial charge in [0.1, 0.15) is 22.9 Å². The van der Waals surface area contributed by atoms with Crippen molar-refractivity contribution >= 4 is 33.9 Å². The van der Waals surface area contributed by atoms with E-state index in [0.29, 0.717) is 11.5 Å². The SMILES string of the molecule is CCOC(=O)Cc1nc(C(C)=O)cn1-c1ccc(-c2cccc(S(C)=O)c2)s1. The highest BCUT2D eigenvalue weighted by Gasteiger charge is 2.17. The van der Waals surface area contributed by atoms with Gasteiger partial charge in [0, 0.05) is 39.9 Å². The van der Waals surface area contributed by atoms with Crippen molar-refractivity contribution in [2.75, 3.05) is 12.9 Å². The minimum absolute atomic E-state index is 0.0152. The number of benzene rings is 1. The van der Waals surface area contributed by atoms with Gasteiger partial charge < -0.3 is 4.74 Å². The molecule has 0 aliphatic carbocycles. The maximum atomic E-state index is 11.9. The van der Waals surface area contributed by atoms with Crippen LogP contribution >= 0.6 is 11.3 Å². The summed E-state index contributed by atoms with van der Waals surface area (Å²) in [5.41, 5.74) is 1.26. The largest absolute Gasteiger partial charge is 0.466 e. The maximum Gasteiger partial charge on any atom is 0.313 e. The average molecular weight is 417 g/mol. The molecular weight excluding hydrogens is 396 g/mol. The van der Waals surface area contributed by atoms with Crippen molar-refractivity contribution in [3.63, 3.8) is 0 Å². The third-order valence-corrected chi connectivity index (χ3v) is 6.08. The molecule has 1 atom stereocenters. The van der Waals surface area contributed by atoms with Gasteiger partial charge in [-0.3, -0.25) is 18.4 Å². The second-order valence-corrected chi connectivity index (χ2v) is 8.51. The Balaban J connectivity index is 1.98. The zero-order chi connectivity index (χ0) is 20.3. The van der Waals surface area contributed by atoms with Gasteiger partial charge in [-0.2, -0.15) is 0 Å². The molecule has 0 bridgehead atoms. The highest BCUT2D eigenvalue weighted by atomic mass is 32.2. The number of carbonyl (C=O) groups is 2. The maximum absolute atomic E-state index is 11.9. The lowest BCUT2D eigenvalue weighted by atomic mass is 10.2. The number of esters is 1. The molecular formula is C20H20N2O4S2. The van der Waals surface area contributed by atoms with Crippen LogP contribution in [0, 0.1) is 0 Å². The number of Topliss-reactive ketones (excluding diaryl/α,β-unsaturated/α-hetero) is 1. The van der Waals surface area contributed by atoms with Crippen molar-refractivity contribution in [2.24, 2.45) is 0 Å². The van der Waals surface area contributed by atoms with Gasteiger partial charge in [-0.15, -0.1) is 11.3 Å². The van der Waals surface area contributed by atoms with Crippen LogP contribution in [0.4, 0.5) is 0 Å². The van der Waals surface area contributed by atoms with Crippen molar-refractivity contribution < 1.29 is 18.5 Å². The van der Waals surface area contributed by atoms with Crippen molar-refractivity contribution in [2.45, 2.75) is 25.2 Å². The van der Waals surface area contributed by atoms with Crippen LogP contribution in [-0.4, -0.2) is 38.4 Å². The van der Waals surface area contributed by atoms with Gasteiger partial charge in [0.05, 0.1) is 6.61 Å². The number of imidazole rings is 1. The first-order valence-corrected chi connectivity index (χ1v) is 11.1. The van der Waals surface area contributed by atoms with Gasteiger partial charge in [0.25, 0.3) is 0 Å². The summed E-state index contributed by atoms with van der Waals surface area (Å²) >= 11 is 1.50. The van der Waals surface area contributed by atoms with Crippen LogP contribution in [-0.2, 0) is 26.8 Å². The molecule has 0 spiro atoms. The molecule has 0 aliphatic heterocycles. The zero-order valence-electron chi connectivity index (χ0n) is 15.8. The van der Waals surface area contributed by atoms with Crippen LogP contribution in [0.2, 0.25) is 0 Å². The number of rotatable bonds is 7. The van der Waals surface area contributed by atoms with Gasteiger partial charge in [0.2, 0.25) is 0 Å². The fourth-order valence-corrected chi connectivity index (χ4v) is 4.25. The summed E-state index contributed by atoms with van der Waals surface area (Å²) in [6.45, 7) is 3.48. The number of thiophene rings is 1. The number of ether oxygens (including phenoxy) is 1. The van der Waals surface area contributed by atoms with E-state index in [0.717, 1.165) is 20.3 Å². The van der Waals surface area contributed by atoms with Crippen LogP contribution < -0.4 is 0 Å². The van der Waals surface area contributed by atoms with E-state index < -0.39 is 10.8 Å². The van der Waals surface area contributed by atoms with Crippen LogP contribution in [0.3, 0.4) is 0 Å². The number of hydrogen-bond donors (Lipinski definition) is 0. The van der Waals surface area contributed by atoms with E-state index in [-0.39, 0.29) is 24.8 Å². The molecule has 2 aromatic heterocycles. The first kappa shape index (κ1) is 20.2. The van der Waals surface area contributed by atoms with Crippen molar-refractivity contribution in [1.82, 2.24) is 9.55 Å². The molecule has 0 fully saturated rings. The molecule has 0 saturated carbocycles. The normalized spacial score (nSPS) is 12.0. The molecule has 6 nitrogen and oxygen atoms in total. The summed E-state index contributed by atoms with van der Waals surface area (Å²) in [6.07, 6.45) is 3.28. The molecule has 28 heavy (non-hydrogen) atoms. The van der Waals surface area contributed by atoms with Crippen LogP contribution in [0.5, 0.6) is 0 Å². The van der Waals surface area contributed by atoms with E-state index >= 15 is 0 Å². The van der Waals surface area contributed by atoms with Crippen molar-refractivity contribution in [1.29, 1.82) is 0 Å². The second-order valence-electron chi connectivity index (χ2n) is 6.07. The van der Waals surface area contributed by atoms with E-state index in [2.05, 4.69) is 4.98 Å². The van der Waals surface area contributed by atoms with E-state index in [9.17, 15) is 13.8 Å². The fourth-order valence-electron chi connectivity index (χ4n) is 2.69. The van der Waals surface area contributed by atoms with Gasteiger partial charge in [-0.05, 0) is 36.8 Å². The lowest BCUT2D eigenvalue weighted by Gasteiger charge is -2.05. The Hall–Kier alpha value is -2.58. The van der Waals surface area contributed by atoms with Gasteiger partial charge >= 0.3 is 5.97 Å². The zero-order valence-corrected chi connectivity index (χ0v) is 17.4. The Kier molecular flexibility index (Phi) is 6.21. The molecule has 0 radical (unpaired) electrons. The molecule has 0 saturated heterocycles. The predicted octanol–water partition coefficient (Wildman–Crippen LogP) is 3.65. The van der Waals surface area contributed by atoms with Gasteiger partial charge in [0.15, 0.2) is 5.78 Å². The average Bonchev–Trinajstić information content (AvgIpc) is 3.29. The third kappa shape index (κ3) is 4.45. The Labute approximate surface area is 169 Å². The number of nitrogens with zero attached hydrogens (tertiary/aromatic N) is 2. The first-order valence-electron chi connectivity index (χ1n) is 8.68. The standard InChI is InChI=1S/C20H20N2O4S2/c1-4-26-20(24)11-18-21-16(13(2)23)12-22(18)19-9-8-17(27-19)14-6-5-7-15(10-14)28(3)25/h5-10,12H,4,11H2,1-3H3. The second kappa shape index (κ2) is 8.62. The summed E-state index contributed by atoms with van der Waals surface area (Å²) in [5.74, 6) is -0.0985. The van der Waals surface area contributed by atoms with E-state index in [1.807, 2.05) is 36.4 Å². The molecule has 8 heteroatoms. The Morgan fingerprint density at radius 1 is 1.25 bits per heavy atom. The monoisotopic (exact) mass is 416 g/mol. The van der Waals surface area contributed by atoms with E-state index in [1.165, 1.54) is 18.3 Å². The summed E-state index contributed by atoms with van der Waals surface area (Å²) in [4.78, 5) is 29.7. The topological polar surface area (TPSA) is 78.3 Å². The van der Waals surface area contributed by atoms with Crippen LogP contribution in [0.15, 0.2) is 47.5 Å². The summed E-state index contributed by atoms with van der Waals surface area (Å²) in [6, 6.07) is 11.4. The molecule has 146 valence electrons. The summed E-state index contributed by atoms with van der Waals surface area (Å²) in [7, 11) is -1.06. The summed E-state index contributed by atoms with van der Waals surface area (Å²) in [5, 5.41) is 0.831. The highest BCUT2D eigenvalue weighted by Crippen LogP contribution is 2.32. The Morgan fingerprint density at radius 2 is 2.04 bits per heavy atom. The number of ketones is 1. The molecule has 3 aromatic rings. The molecule has 1 aromatic carbocycles. The van der Waals surface area contributed by atoms with Gasteiger partial charge in [-0.1, -0.05) is 12.1 Å². The lowest BCUT2D eigenvalue weighted by molar-refractivity contribution is -0.142. The van der Waals surface area contributed by atoms with Crippen molar-refractivity contribution in [3.05, 3.63) is 54.1 Å². The number of carbonyl (C=O) groups excluding carboxylic acids is 2. The first-order chi connectivity index (χ1) is 13.4.